The molecule has 2 aromatic rings. The minimum Gasteiger partial charge on any atom is -0.312 e. The molecule has 0 saturated heterocycles. The molecule has 0 saturated carbocycles. The summed E-state index contributed by atoms with van der Waals surface area (Å²) in [5, 5.41) is 3.31. The van der Waals surface area contributed by atoms with Crippen LogP contribution in [0.25, 0.3) is 11.1 Å². The highest BCUT2D eigenvalue weighted by molar-refractivity contribution is 5.69. The van der Waals surface area contributed by atoms with E-state index in [0.29, 0.717) is 0 Å². The van der Waals surface area contributed by atoms with Gasteiger partial charge < -0.3 is 5.32 Å². The Kier molecular flexibility index (Phi) is 3.25. The molecule has 1 aliphatic rings. The molecule has 2 nitrogen and oxygen atoms in total. The van der Waals surface area contributed by atoms with E-state index >= 15 is 0 Å². The van der Waals surface area contributed by atoms with Gasteiger partial charge in [0.15, 0.2) is 0 Å². The van der Waals surface area contributed by atoms with Crippen molar-refractivity contribution in [2.45, 2.75) is 19.4 Å². The SMILES string of the molecule is FC(F)c1cncc(-c2cccc3c2CCNC3)c1. The van der Waals surface area contributed by atoms with Gasteiger partial charge >= 0.3 is 0 Å². The second-order valence-electron chi connectivity index (χ2n) is 4.68. The minimum atomic E-state index is -2.48. The largest absolute Gasteiger partial charge is 0.312 e. The monoisotopic (exact) mass is 260 g/mol. The summed E-state index contributed by atoms with van der Waals surface area (Å²) in [6.07, 6.45) is 1.33. The van der Waals surface area contributed by atoms with Gasteiger partial charge in [0, 0.05) is 30.1 Å². The van der Waals surface area contributed by atoms with E-state index in [1.807, 2.05) is 12.1 Å². The molecule has 19 heavy (non-hydrogen) atoms. The van der Waals surface area contributed by atoms with Crippen molar-refractivity contribution in [3.63, 3.8) is 0 Å². The Morgan fingerprint density at radius 3 is 2.95 bits per heavy atom. The predicted molar refractivity (Wildman–Crippen MR) is 70.0 cm³/mol. The average Bonchev–Trinajstić information content (AvgIpc) is 2.47. The van der Waals surface area contributed by atoms with Gasteiger partial charge in [0.05, 0.1) is 0 Å². The maximum Gasteiger partial charge on any atom is 0.265 e. The number of nitrogens with zero attached hydrogens (tertiary/aromatic N) is 1. The first-order valence-corrected chi connectivity index (χ1v) is 6.30. The summed E-state index contributed by atoms with van der Waals surface area (Å²) < 4.78 is 25.5. The Morgan fingerprint density at radius 1 is 1.21 bits per heavy atom. The average molecular weight is 260 g/mol. The molecule has 0 amide bonds. The van der Waals surface area contributed by atoms with Crippen LogP contribution in [0.3, 0.4) is 0 Å². The van der Waals surface area contributed by atoms with Crippen LogP contribution in [0.4, 0.5) is 8.78 Å². The van der Waals surface area contributed by atoms with Crippen LogP contribution in [0.15, 0.2) is 36.7 Å². The number of pyridine rings is 1. The van der Waals surface area contributed by atoms with Crippen molar-refractivity contribution in [2.75, 3.05) is 6.54 Å². The molecule has 0 bridgehead atoms. The van der Waals surface area contributed by atoms with Crippen molar-refractivity contribution in [3.05, 3.63) is 53.3 Å². The van der Waals surface area contributed by atoms with E-state index in [0.717, 1.165) is 30.6 Å². The van der Waals surface area contributed by atoms with Gasteiger partial charge in [0.25, 0.3) is 6.43 Å². The van der Waals surface area contributed by atoms with E-state index in [1.165, 1.54) is 23.4 Å². The Morgan fingerprint density at radius 2 is 2.11 bits per heavy atom. The zero-order chi connectivity index (χ0) is 13.2. The third-order valence-corrected chi connectivity index (χ3v) is 3.46. The lowest BCUT2D eigenvalue weighted by Gasteiger charge is -2.20. The van der Waals surface area contributed by atoms with Gasteiger partial charge in [-0.3, -0.25) is 4.98 Å². The zero-order valence-corrected chi connectivity index (χ0v) is 10.4. The summed E-state index contributed by atoms with van der Waals surface area (Å²) in [6, 6.07) is 7.57. The van der Waals surface area contributed by atoms with Crippen LogP contribution in [0.5, 0.6) is 0 Å². The standard InChI is InChI=1S/C15H14F2N2/c16-15(17)12-6-11(8-19-9-12)13-3-1-2-10-7-18-5-4-14(10)13/h1-3,6,8-9,15,18H,4-5,7H2. The van der Waals surface area contributed by atoms with E-state index in [4.69, 9.17) is 0 Å². The van der Waals surface area contributed by atoms with Crippen molar-refractivity contribution >= 4 is 0 Å². The van der Waals surface area contributed by atoms with Gasteiger partial charge in [0.2, 0.25) is 0 Å². The molecule has 1 aromatic carbocycles. The molecule has 4 heteroatoms. The molecule has 0 unspecified atom stereocenters. The second-order valence-corrected chi connectivity index (χ2v) is 4.68. The van der Waals surface area contributed by atoms with Crippen LogP contribution in [0.1, 0.15) is 23.1 Å². The van der Waals surface area contributed by atoms with Crippen LogP contribution in [-0.4, -0.2) is 11.5 Å². The summed E-state index contributed by atoms with van der Waals surface area (Å²) in [5.74, 6) is 0. The highest BCUT2D eigenvalue weighted by atomic mass is 19.3. The molecule has 2 heterocycles. The number of alkyl halides is 2. The molecule has 0 spiro atoms. The van der Waals surface area contributed by atoms with Gasteiger partial charge in [0.1, 0.15) is 0 Å². The van der Waals surface area contributed by atoms with Crippen LogP contribution in [0.2, 0.25) is 0 Å². The highest BCUT2D eigenvalue weighted by Gasteiger charge is 2.15. The lowest BCUT2D eigenvalue weighted by Crippen LogP contribution is -2.24. The zero-order valence-electron chi connectivity index (χ0n) is 10.4. The van der Waals surface area contributed by atoms with Gasteiger partial charge in [-0.15, -0.1) is 0 Å². The summed E-state index contributed by atoms with van der Waals surface area (Å²) in [4.78, 5) is 3.94. The third-order valence-electron chi connectivity index (χ3n) is 3.46. The molecule has 1 aliphatic heterocycles. The molecule has 0 fully saturated rings. The first-order chi connectivity index (χ1) is 9.25. The number of nitrogens with one attached hydrogen (secondary N) is 1. The van der Waals surface area contributed by atoms with Crippen LogP contribution < -0.4 is 5.32 Å². The topological polar surface area (TPSA) is 24.9 Å². The van der Waals surface area contributed by atoms with E-state index in [-0.39, 0.29) is 5.56 Å². The van der Waals surface area contributed by atoms with Gasteiger partial charge in [-0.05, 0) is 35.7 Å². The second kappa shape index (κ2) is 5.05. The fourth-order valence-electron chi connectivity index (χ4n) is 2.53. The fraction of sp³-hybridized carbons (Fsp3) is 0.267. The predicted octanol–water partition coefficient (Wildman–Crippen LogP) is 3.33. The summed E-state index contributed by atoms with van der Waals surface area (Å²) in [7, 11) is 0. The number of halogens is 2. The lowest BCUT2D eigenvalue weighted by atomic mass is 9.92. The van der Waals surface area contributed by atoms with E-state index < -0.39 is 6.43 Å². The Bertz CT molecular complexity index is 596. The van der Waals surface area contributed by atoms with Crippen molar-refractivity contribution in [2.24, 2.45) is 0 Å². The number of rotatable bonds is 2. The molecular weight excluding hydrogens is 246 g/mol. The number of aromatic nitrogens is 1. The number of hydrogen-bond donors (Lipinski definition) is 1. The molecule has 98 valence electrons. The maximum atomic E-state index is 12.8. The quantitative estimate of drug-likeness (QED) is 0.895. The minimum absolute atomic E-state index is 0.0240. The van der Waals surface area contributed by atoms with Crippen molar-refractivity contribution in [1.82, 2.24) is 10.3 Å². The van der Waals surface area contributed by atoms with Crippen molar-refractivity contribution in [1.29, 1.82) is 0 Å². The van der Waals surface area contributed by atoms with E-state index in [2.05, 4.69) is 16.4 Å². The van der Waals surface area contributed by atoms with E-state index in [1.54, 1.807) is 6.20 Å². The summed E-state index contributed by atoms with van der Waals surface area (Å²) in [5.41, 5.74) is 4.26. The first-order valence-electron chi connectivity index (χ1n) is 6.30. The smallest absolute Gasteiger partial charge is 0.265 e. The number of fused-ring (bicyclic) bond motifs is 1. The van der Waals surface area contributed by atoms with Crippen molar-refractivity contribution < 1.29 is 8.78 Å². The summed E-state index contributed by atoms with van der Waals surface area (Å²) >= 11 is 0. The maximum absolute atomic E-state index is 12.8. The molecule has 0 atom stereocenters. The Labute approximate surface area is 110 Å². The van der Waals surface area contributed by atoms with Crippen LogP contribution >= 0.6 is 0 Å². The molecular formula is C15H14F2N2. The molecule has 3 rings (SSSR count). The molecule has 0 radical (unpaired) electrons. The Balaban J connectivity index is 2.09. The fourth-order valence-corrected chi connectivity index (χ4v) is 2.53. The van der Waals surface area contributed by atoms with Crippen molar-refractivity contribution in [3.8, 4) is 11.1 Å². The first kappa shape index (κ1) is 12.2. The normalized spacial score (nSPS) is 14.5. The van der Waals surface area contributed by atoms with E-state index in [9.17, 15) is 8.78 Å². The van der Waals surface area contributed by atoms with Gasteiger partial charge in [-0.1, -0.05) is 18.2 Å². The number of benzene rings is 1. The summed E-state index contributed by atoms with van der Waals surface area (Å²) in [6.45, 7) is 1.76. The van der Waals surface area contributed by atoms with Crippen LogP contribution in [0, 0.1) is 0 Å². The van der Waals surface area contributed by atoms with Gasteiger partial charge in [-0.2, -0.15) is 0 Å². The molecule has 1 N–H and O–H groups in total. The third kappa shape index (κ3) is 2.36. The number of hydrogen-bond acceptors (Lipinski definition) is 2. The van der Waals surface area contributed by atoms with Crippen LogP contribution in [-0.2, 0) is 13.0 Å². The van der Waals surface area contributed by atoms with Gasteiger partial charge in [-0.25, -0.2) is 8.78 Å². The highest BCUT2D eigenvalue weighted by Crippen LogP contribution is 2.30. The lowest BCUT2D eigenvalue weighted by molar-refractivity contribution is 0.151. The molecule has 0 aliphatic carbocycles. The Hall–Kier alpha value is -1.81. The molecule has 1 aromatic heterocycles.